The summed E-state index contributed by atoms with van der Waals surface area (Å²) >= 11 is 1.36. The molecule has 2 amide bonds. The van der Waals surface area contributed by atoms with Crippen molar-refractivity contribution in [3.8, 4) is 0 Å². The zero-order valence-corrected chi connectivity index (χ0v) is 16.6. The number of carbonyl (C=O) groups excluding carboxylic acids is 2. The fourth-order valence-corrected chi connectivity index (χ4v) is 3.75. The molecule has 0 aliphatic rings. The Bertz CT molecular complexity index is 1210. The zero-order valence-electron chi connectivity index (χ0n) is 15.8. The zero-order chi connectivity index (χ0) is 20.9. The van der Waals surface area contributed by atoms with Crippen LogP contribution in [-0.2, 0) is 11.3 Å². The van der Waals surface area contributed by atoms with Crippen LogP contribution in [-0.4, -0.2) is 17.0 Å². The van der Waals surface area contributed by atoms with Crippen LogP contribution in [0.4, 0.5) is 21.9 Å². The summed E-state index contributed by atoms with van der Waals surface area (Å²) in [5.74, 6) is -0.237. The highest BCUT2D eigenvalue weighted by Gasteiger charge is 2.13. The minimum atomic E-state index is -0.564. The molecule has 4 aromatic rings. The molecule has 4 N–H and O–H groups in total. The molecule has 0 radical (unpaired) electrons. The van der Waals surface area contributed by atoms with E-state index in [-0.39, 0.29) is 12.5 Å². The van der Waals surface area contributed by atoms with Crippen LogP contribution in [0.25, 0.3) is 10.1 Å². The van der Waals surface area contributed by atoms with Crippen molar-refractivity contribution >= 4 is 50.5 Å². The number of carbonyl (C=O) groups is 2. The first kappa shape index (κ1) is 19.4. The molecule has 7 nitrogen and oxygen atoms in total. The lowest BCUT2D eigenvalue weighted by atomic mass is 10.2. The van der Waals surface area contributed by atoms with Crippen LogP contribution in [0.15, 0.2) is 73.1 Å². The average Bonchev–Trinajstić information content (AvgIpc) is 3.18. The Balaban J connectivity index is 1.42. The molecule has 0 saturated carbocycles. The van der Waals surface area contributed by atoms with E-state index < -0.39 is 6.09 Å². The molecule has 0 aliphatic carbocycles. The van der Waals surface area contributed by atoms with E-state index in [4.69, 9.17) is 10.5 Å². The second-order valence-corrected chi connectivity index (χ2v) is 7.55. The Morgan fingerprint density at radius 2 is 1.90 bits per heavy atom. The molecule has 0 saturated heterocycles. The Hall–Kier alpha value is -3.91. The average molecular weight is 418 g/mol. The van der Waals surface area contributed by atoms with Crippen molar-refractivity contribution in [3.05, 3.63) is 83.5 Å². The van der Waals surface area contributed by atoms with Crippen molar-refractivity contribution in [2.45, 2.75) is 6.61 Å². The van der Waals surface area contributed by atoms with Gasteiger partial charge >= 0.3 is 6.09 Å². The third-order valence-electron chi connectivity index (χ3n) is 4.29. The van der Waals surface area contributed by atoms with Gasteiger partial charge < -0.3 is 15.8 Å². The number of nitrogens with one attached hydrogen (secondary N) is 2. The SMILES string of the molecule is Nc1ccccc1NC(=O)c1cc2cc(NC(=O)OCc3cccnc3)ccc2s1. The fourth-order valence-electron chi connectivity index (χ4n) is 2.81. The number of thiophene rings is 1. The quantitative estimate of drug-likeness (QED) is 0.401. The van der Waals surface area contributed by atoms with Crippen molar-refractivity contribution in [1.29, 1.82) is 0 Å². The summed E-state index contributed by atoms with van der Waals surface area (Å²) in [6.45, 7) is 0.132. The number of nitrogens with zero attached hydrogens (tertiary/aromatic N) is 1. The minimum absolute atomic E-state index is 0.132. The molecule has 0 unspecified atom stereocenters. The van der Waals surface area contributed by atoms with Gasteiger partial charge in [-0.25, -0.2) is 4.79 Å². The van der Waals surface area contributed by atoms with Gasteiger partial charge in [-0.1, -0.05) is 18.2 Å². The largest absolute Gasteiger partial charge is 0.444 e. The monoisotopic (exact) mass is 418 g/mol. The summed E-state index contributed by atoms with van der Waals surface area (Å²) in [5, 5.41) is 6.36. The van der Waals surface area contributed by atoms with Gasteiger partial charge in [0, 0.05) is 28.3 Å². The summed E-state index contributed by atoms with van der Waals surface area (Å²) in [4.78, 5) is 29.1. The van der Waals surface area contributed by atoms with Gasteiger partial charge in [0.05, 0.1) is 16.3 Å². The molecule has 2 aromatic heterocycles. The maximum absolute atomic E-state index is 12.6. The summed E-state index contributed by atoms with van der Waals surface area (Å²) < 4.78 is 6.13. The van der Waals surface area contributed by atoms with E-state index in [2.05, 4.69) is 15.6 Å². The van der Waals surface area contributed by atoms with E-state index in [1.165, 1.54) is 11.3 Å². The highest BCUT2D eigenvalue weighted by Crippen LogP contribution is 2.29. The molecule has 0 fully saturated rings. The molecule has 0 aliphatic heterocycles. The fraction of sp³-hybridized carbons (Fsp3) is 0.0455. The standard InChI is InChI=1S/C22H18N4O3S/c23-17-5-1-2-6-18(17)26-21(27)20-11-15-10-16(7-8-19(15)30-20)25-22(28)29-13-14-4-3-9-24-12-14/h1-12H,13,23H2,(H,25,28)(H,26,27). The normalized spacial score (nSPS) is 10.5. The lowest BCUT2D eigenvalue weighted by molar-refractivity contribution is 0.103. The van der Waals surface area contributed by atoms with Crippen LogP contribution < -0.4 is 16.4 Å². The first-order valence-corrected chi connectivity index (χ1v) is 9.92. The van der Waals surface area contributed by atoms with E-state index in [1.807, 2.05) is 18.2 Å². The van der Waals surface area contributed by atoms with Crippen LogP contribution in [0, 0.1) is 0 Å². The van der Waals surface area contributed by atoms with Gasteiger partial charge in [-0.15, -0.1) is 11.3 Å². The van der Waals surface area contributed by atoms with Gasteiger partial charge in [0.2, 0.25) is 0 Å². The summed E-state index contributed by atoms with van der Waals surface area (Å²) in [6.07, 6.45) is 2.73. The van der Waals surface area contributed by atoms with Crippen molar-refractivity contribution in [1.82, 2.24) is 4.98 Å². The number of nitrogens with two attached hydrogens (primary N) is 1. The van der Waals surface area contributed by atoms with Gasteiger partial charge in [-0.05, 0) is 47.9 Å². The van der Waals surface area contributed by atoms with Crippen molar-refractivity contribution in [2.24, 2.45) is 0 Å². The van der Waals surface area contributed by atoms with E-state index in [1.54, 1.807) is 54.9 Å². The molecular weight excluding hydrogens is 400 g/mol. The Labute approximate surface area is 176 Å². The number of nitrogen functional groups attached to an aromatic ring is 1. The number of rotatable bonds is 5. The number of hydrogen-bond donors (Lipinski definition) is 3. The molecule has 0 spiro atoms. The van der Waals surface area contributed by atoms with Crippen LogP contribution in [0.1, 0.15) is 15.2 Å². The number of anilines is 3. The summed E-state index contributed by atoms with van der Waals surface area (Å²) in [7, 11) is 0. The van der Waals surface area contributed by atoms with Gasteiger partial charge in [0.1, 0.15) is 6.61 Å². The highest BCUT2D eigenvalue weighted by atomic mass is 32.1. The number of hydrogen-bond acceptors (Lipinski definition) is 6. The first-order valence-electron chi connectivity index (χ1n) is 9.10. The van der Waals surface area contributed by atoms with Crippen molar-refractivity contribution in [2.75, 3.05) is 16.4 Å². The molecular formula is C22H18N4O3S. The first-order chi connectivity index (χ1) is 14.6. The predicted octanol–water partition coefficient (Wildman–Crippen LogP) is 4.88. The van der Waals surface area contributed by atoms with Crippen molar-refractivity contribution in [3.63, 3.8) is 0 Å². The van der Waals surface area contributed by atoms with E-state index >= 15 is 0 Å². The molecule has 30 heavy (non-hydrogen) atoms. The molecule has 0 bridgehead atoms. The van der Waals surface area contributed by atoms with Crippen LogP contribution in [0.3, 0.4) is 0 Å². The van der Waals surface area contributed by atoms with Crippen molar-refractivity contribution < 1.29 is 14.3 Å². The second-order valence-electron chi connectivity index (χ2n) is 6.47. The summed E-state index contributed by atoms with van der Waals surface area (Å²) in [6, 6.07) is 17.9. The van der Waals surface area contributed by atoms with Crippen LogP contribution in [0.2, 0.25) is 0 Å². The molecule has 2 aromatic carbocycles. The number of ether oxygens (including phenoxy) is 1. The Morgan fingerprint density at radius 1 is 1.03 bits per heavy atom. The number of aromatic nitrogens is 1. The molecule has 150 valence electrons. The maximum Gasteiger partial charge on any atom is 0.411 e. The van der Waals surface area contributed by atoms with E-state index in [0.29, 0.717) is 21.9 Å². The number of amides is 2. The Kier molecular flexibility index (Phi) is 5.58. The molecule has 8 heteroatoms. The number of benzene rings is 2. The third-order valence-corrected chi connectivity index (χ3v) is 5.40. The molecule has 2 heterocycles. The van der Waals surface area contributed by atoms with Gasteiger partial charge in [-0.2, -0.15) is 0 Å². The van der Waals surface area contributed by atoms with E-state index in [0.717, 1.165) is 15.6 Å². The third kappa shape index (κ3) is 4.56. The second kappa shape index (κ2) is 8.62. The minimum Gasteiger partial charge on any atom is -0.444 e. The molecule has 0 atom stereocenters. The number of para-hydroxylation sites is 2. The maximum atomic E-state index is 12.6. The van der Waals surface area contributed by atoms with Gasteiger partial charge in [0.25, 0.3) is 5.91 Å². The topological polar surface area (TPSA) is 106 Å². The number of pyridine rings is 1. The smallest absolute Gasteiger partial charge is 0.411 e. The highest BCUT2D eigenvalue weighted by molar-refractivity contribution is 7.20. The van der Waals surface area contributed by atoms with Gasteiger partial charge in [0.15, 0.2) is 0 Å². The predicted molar refractivity (Wildman–Crippen MR) is 119 cm³/mol. The molecule has 4 rings (SSSR count). The lowest BCUT2D eigenvalue weighted by Crippen LogP contribution is -2.13. The van der Waals surface area contributed by atoms with Gasteiger partial charge in [-0.3, -0.25) is 15.1 Å². The Morgan fingerprint density at radius 3 is 2.70 bits per heavy atom. The summed E-state index contributed by atoms with van der Waals surface area (Å²) in [5.41, 5.74) is 8.34. The van der Waals surface area contributed by atoms with E-state index in [9.17, 15) is 9.59 Å². The lowest BCUT2D eigenvalue weighted by Gasteiger charge is -2.07. The number of fused-ring (bicyclic) bond motifs is 1. The van der Waals surface area contributed by atoms with Crippen LogP contribution in [0.5, 0.6) is 0 Å². The van der Waals surface area contributed by atoms with Crippen LogP contribution >= 0.6 is 11.3 Å².